The third-order valence-corrected chi connectivity index (χ3v) is 7.40. The van der Waals surface area contributed by atoms with Gasteiger partial charge in [0.25, 0.3) is 10.0 Å². The molecule has 2 aromatic rings. The van der Waals surface area contributed by atoms with Crippen molar-refractivity contribution in [2.24, 2.45) is 0 Å². The van der Waals surface area contributed by atoms with Crippen molar-refractivity contribution in [1.29, 1.82) is 0 Å². The lowest BCUT2D eigenvalue weighted by molar-refractivity contribution is 0.159. The van der Waals surface area contributed by atoms with Gasteiger partial charge in [-0.05, 0) is 29.6 Å². The molecule has 1 aromatic carbocycles. The highest BCUT2D eigenvalue weighted by Crippen LogP contribution is 2.22. The number of halogens is 1. The molecule has 0 atom stereocenters. The topological polar surface area (TPSA) is 49.9 Å². The number of benzene rings is 1. The third kappa shape index (κ3) is 4.29. The summed E-state index contributed by atoms with van der Waals surface area (Å²) >= 11 is 7.18. The number of hydrogen-bond acceptors (Lipinski definition) is 5. The Morgan fingerprint density at radius 2 is 1.92 bits per heavy atom. The zero-order chi connectivity index (χ0) is 17.0. The molecule has 0 radical (unpaired) electrons. The zero-order valence-electron chi connectivity index (χ0n) is 13.1. The van der Waals surface area contributed by atoms with Gasteiger partial charge in [-0.25, -0.2) is 8.42 Å². The van der Waals surface area contributed by atoms with Gasteiger partial charge in [0.2, 0.25) is 0 Å². The number of piperazine rings is 1. The third-order valence-electron chi connectivity index (χ3n) is 3.89. The molecule has 130 valence electrons. The van der Waals surface area contributed by atoms with Crippen molar-refractivity contribution in [3.8, 4) is 5.75 Å². The zero-order valence-corrected chi connectivity index (χ0v) is 15.5. The monoisotopic (exact) mass is 386 g/mol. The predicted octanol–water partition coefficient (Wildman–Crippen LogP) is 2.79. The maximum atomic E-state index is 12.5. The van der Waals surface area contributed by atoms with Crippen LogP contribution in [-0.2, 0) is 10.0 Å². The van der Waals surface area contributed by atoms with E-state index in [1.54, 1.807) is 27.9 Å². The van der Waals surface area contributed by atoms with E-state index >= 15 is 0 Å². The molecule has 0 saturated carbocycles. The van der Waals surface area contributed by atoms with Crippen LogP contribution in [0.4, 0.5) is 0 Å². The minimum Gasteiger partial charge on any atom is -0.492 e. The van der Waals surface area contributed by atoms with Crippen LogP contribution in [0.25, 0.3) is 0 Å². The number of thiophene rings is 1. The first kappa shape index (κ1) is 17.7. The highest BCUT2D eigenvalue weighted by molar-refractivity contribution is 7.91. The maximum Gasteiger partial charge on any atom is 0.252 e. The van der Waals surface area contributed by atoms with Crippen molar-refractivity contribution in [2.75, 3.05) is 39.3 Å². The van der Waals surface area contributed by atoms with Crippen LogP contribution >= 0.6 is 22.9 Å². The Morgan fingerprint density at radius 3 is 2.58 bits per heavy atom. The Hall–Kier alpha value is -1.12. The van der Waals surface area contributed by atoms with Crippen molar-refractivity contribution < 1.29 is 13.2 Å². The lowest BCUT2D eigenvalue weighted by Gasteiger charge is -2.33. The van der Waals surface area contributed by atoms with E-state index in [0.717, 1.165) is 12.3 Å². The second-order valence-electron chi connectivity index (χ2n) is 5.48. The van der Waals surface area contributed by atoms with Gasteiger partial charge in [0, 0.05) is 37.7 Å². The molecule has 1 aliphatic rings. The van der Waals surface area contributed by atoms with Gasteiger partial charge in [-0.3, -0.25) is 4.90 Å². The standard InChI is InChI=1S/C16H19ClN2O3S2/c17-14-3-1-4-15(13-14)22-11-10-18-6-8-19(9-7-18)24(20,21)16-5-2-12-23-16/h1-5,12-13H,6-11H2. The predicted molar refractivity (Wildman–Crippen MR) is 96.5 cm³/mol. The summed E-state index contributed by atoms with van der Waals surface area (Å²) in [5.41, 5.74) is 0. The molecule has 0 unspecified atom stereocenters. The average Bonchev–Trinajstić information content (AvgIpc) is 3.11. The lowest BCUT2D eigenvalue weighted by atomic mass is 10.3. The van der Waals surface area contributed by atoms with Crippen molar-refractivity contribution in [3.05, 3.63) is 46.8 Å². The average molecular weight is 387 g/mol. The van der Waals surface area contributed by atoms with Gasteiger partial charge in [0.05, 0.1) is 0 Å². The summed E-state index contributed by atoms with van der Waals surface area (Å²) in [6.07, 6.45) is 0. The smallest absolute Gasteiger partial charge is 0.252 e. The minimum absolute atomic E-state index is 0.417. The van der Waals surface area contributed by atoms with Crippen molar-refractivity contribution >= 4 is 33.0 Å². The van der Waals surface area contributed by atoms with Gasteiger partial charge in [-0.15, -0.1) is 11.3 Å². The van der Waals surface area contributed by atoms with Crippen LogP contribution < -0.4 is 4.74 Å². The summed E-state index contributed by atoms with van der Waals surface area (Å²) in [5, 5.41) is 2.44. The Kier molecular flexibility index (Phi) is 5.78. The molecule has 5 nitrogen and oxygen atoms in total. The summed E-state index contributed by atoms with van der Waals surface area (Å²) in [6, 6.07) is 10.7. The molecule has 1 fully saturated rings. The molecule has 0 amide bonds. The molecule has 24 heavy (non-hydrogen) atoms. The van der Waals surface area contributed by atoms with Crippen LogP contribution in [0, 0.1) is 0 Å². The molecular formula is C16H19ClN2O3S2. The molecule has 0 N–H and O–H groups in total. The van der Waals surface area contributed by atoms with Crippen LogP contribution in [-0.4, -0.2) is 57.0 Å². The first-order valence-electron chi connectivity index (χ1n) is 7.70. The van der Waals surface area contributed by atoms with Crippen molar-refractivity contribution in [2.45, 2.75) is 4.21 Å². The molecule has 0 aliphatic carbocycles. The molecule has 8 heteroatoms. The number of rotatable bonds is 6. The summed E-state index contributed by atoms with van der Waals surface area (Å²) in [5.74, 6) is 0.751. The van der Waals surface area contributed by atoms with Crippen LogP contribution in [0.3, 0.4) is 0 Å². The molecule has 0 bridgehead atoms. The second kappa shape index (κ2) is 7.84. The van der Waals surface area contributed by atoms with Crippen molar-refractivity contribution in [3.63, 3.8) is 0 Å². The first-order chi connectivity index (χ1) is 11.6. The number of sulfonamides is 1. The summed E-state index contributed by atoms with van der Waals surface area (Å²) in [6.45, 7) is 3.76. The number of ether oxygens (including phenoxy) is 1. The van der Waals surface area contributed by atoms with Gasteiger partial charge in [-0.1, -0.05) is 23.7 Å². The Morgan fingerprint density at radius 1 is 1.12 bits per heavy atom. The molecule has 1 aromatic heterocycles. The molecule has 1 saturated heterocycles. The van der Waals surface area contributed by atoms with Crippen LogP contribution in [0.2, 0.25) is 5.02 Å². The normalized spacial score (nSPS) is 17.0. The van der Waals surface area contributed by atoms with Gasteiger partial charge < -0.3 is 4.74 Å². The minimum atomic E-state index is -3.33. The van der Waals surface area contributed by atoms with Gasteiger partial charge in [0.1, 0.15) is 16.6 Å². The fourth-order valence-corrected chi connectivity index (χ4v) is 5.33. The molecule has 0 spiro atoms. The van der Waals surface area contributed by atoms with Crippen LogP contribution in [0.5, 0.6) is 5.75 Å². The summed E-state index contributed by atoms with van der Waals surface area (Å²) in [4.78, 5) is 2.21. The van der Waals surface area contributed by atoms with Crippen LogP contribution in [0.1, 0.15) is 0 Å². The van der Waals surface area contributed by atoms with Crippen LogP contribution in [0.15, 0.2) is 46.0 Å². The Labute approximate surface area is 151 Å². The Bertz CT molecular complexity index is 757. The molecular weight excluding hydrogens is 368 g/mol. The Balaban J connectivity index is 1.46. The van der Waals surface area contributed by atoms with E-state index in [2.05, 4.69) is 4.90 Å². The highest BCUT2D eigenvalue weighted by atomic mass is 35.5. The van der Waals surface area contributed by atoms with Gasteiger partial charge in [0.15, 0.2) is 0 Å². The highest BCUT2D eigenvalue weighted by Gasteiger charge is 2.28. The summed E-state index contributed by atoms with van der Waals surface area (Å²) in [7, 11) is -3.33. The van der Waals surface area contributed by atoms with E-state index in [1.807, 2.05) is 18.2 Å². The quantitative estimate of drug-likeness (QED) is 0.766. The van der Waals surface area contributed by atoms with Crippen molar-refractivity contribution in [1.82, 2.24) is 9.21 Å². The first-order valence-corrected chi connectivity index (χ1v) is 10.4. The van der Waals surface area contributed by atoms with Gasteiger partial charge in [-0.2, -0.15) is 4.31 Å². The van der Waals surface area contributed by atoms with E-state index in [9.17, 15) is 8.42 Å². The van der Waals surface area contributed by atoms with E-state index in [4.69, 9.17) is 16.3 Å². The fraction of sp³-hybridized carbons (Fsp3) is 0.375. The molecule has 3 rings (SSSR count). The lowest BCUT2D eigenvalue weighted by Crippen LogP contribution is -2.49. The van der Waals surface area contributed by atoms with E-state index in [0.29, 0.717) is 42.0 Å². The number of nitrogens with zero attached hydrogens (tertiary/aromatic N) is 2. The fourth-order valence-electron chi connectivity index (χ4n) is 2.58. The van der Waals surface area contributed by atoms with E-state index in [1.165, 1.54) is 11.3 Å². The SMILES string of the molecule is O=S(=O)(c1cccs1)N1CCN(CCOc2cccc(Cl)c2)CC1. The largest absolute Gasteiger partial charge is 0.492 e. The summed E-state index contributed by atoms with van der Waals surface area (Å²) < 4.78 is 32.6. The molecule has 1 aliphatic heterocycles. The second-order valence-corrected chi connectivity index (χ2v) is 9.03. The van der Waals surface area contributed by atoms with E-state index < -0.39 is 10.0 Å². The van der Waals surface area contributed by atoms with E-state index in [-0.39, 0.29) is 0 Å². The number of hydrogen-bond donors (Lipinski definition) is 0. The maximum absolute atomic E-state index is 12.5. The van der Waals surface area contributed by atoms with Gasteiger partial charge >= 0.3 is 0 Å². The molecule has 2 heterocycles.